The Bertz CT molecular complexity index is 1150. The summed E-state index contributed by atoms with van der Waals surface area (Å²) in [5.74, 6) is -2.40. The minimum Gasteiger partial charge on any atom is -0.480 e. The third-order valence-electron chi connectivity index (χ3n) is 6.44. The number of nitrogens with one attached hydrogen (secondary N) is 1. The molecule has 2 aromatic rings. The molecule has 2 aliphatic rings. The van der Waals surface area contributed by atoms with Gasteiger partial charge >= 0.3 is 5.97 Å². The minimum atomic E-state index is -1.28. The third-order valence-corrected chi connectivity index (χ3v) is 6.91. The Hall–Kier alpha value is -2.83. The first-order chi connectivity index (χ1) is 15.2. The predicted octanol–water partition coefficient (Wildman–Crippen LogP) is 4.62. The second-order valence-corrected chi connectivity index (χ2v) is 9.03. The first kappa shape index (κ1) is 22.4. The number of anilines is 1. The van der Waals surface area contributed by atoms with Crippen LogP contribution in [0.4, 0.5) is 5.69 Å². The first-order valence-electron chi connectivity index (χ1n) is 10.3. The van der Waals surface area contributed by atoms with Crippen molar-refractivity contribution in [1.82, 2.24) is 4.90 Å². The Kier molecular flexibility index (Phi) is 5.77. The molecule has 0 aromatic heterocycles. The topological polar surface area (TPSA) is 86.7 Å². The molecule has 2 amide bonds. The van der Waals surface area contributed by atoms with Crippen molar-refractivity contribution in [2.45, 2.75) is 37.1 Å². The minimum absolute atomic E-state index is 0.0450. The summed E-state index contributed by atoms with van der Waals surface area (Å²) in [5, 5.41) is 13.4. The smallest absolute Gasteiger partial charge is 0.323 e. The summed E-state index contributed by atoms with van der Waals surface area (Å²) >= 11 is 12.5. The second kappa shape index (κ2) is 8.26. The van der Waals surface area contributed by atoms with E-state index in [0.29, 0.717) is 33.3 Å². The van der Waals surface area contributed by atoms with E-state index in [-0.39, 0.29) is 18.2 Å². The Morgan fingerprint density at radius 2 is 1.94 bits per heavy atom. The average molecular weight is 473 g/mol. The van der Waals surface area contributed by atoms with Crippen molar-refractivity contribution in [3.63, 3.8) is 0 Å². The fourth-order valence-corrected chi connectivity index (χ4v) is 5.52. The van der Waals surface area contributed by atoms with Crippen LogP contribution in [0.2, 0.25) is 10.0 Å². The predicted molar refractivity (Wildman–Crippen MR) is 123 cm³/mol. The van der Waals surface area contributed by atoms with E-state index >= 15 is 0 Å². The number of aliphatic carboxylic acids is 1. The lowest BCUT2D eigenvalue weighted by molar-refractivity contribution is -0.152. The number of carboxylic acid groups (broad SMARTS) is 1. The van der Waals surface area contributed by atoms with Crippen LogP contribution in [0.15, 0.2) is 54.6 Å². The number of likely N-dealkylation sites (tertiary alicyclic amines) is 1. The number of carbonyl (C=O) groups is 3. The summed E-state index contributed by atoms with van der Waals surface area (Å²) in [6, 6.07) is 11.4. The fraction of sp³-hybridized carbons (Fsp3) is 0.292. The Morgan fingerprint density at radius 1 is 1.22 bits per heavy atom. The Morgan fingerprint density at radius 3 is 2.59 bits per heavy atom. The summed E-state index contributed by atoms with van der Waals surface area (Å²) < 4.78 is 0. The van der Waals surface area contributed by atoms with E-state index in [1.165, 1.54) is 4.90 Å². The molecule has 6 nitrogen and oxygen atoms in total. The van der Waals surface area contributed by atoms with Gasteiger partial charge < -0.3 is 15.3 Å². The van der Waals surface area contributed by atoms with Crippen molar-refractivity contribution in [3.8, 4) is 0 Å². The SMILES string of the molecule is C=C(CC)[C@H]1N(CC(=O)O)C(=O)C[C@@H](c2cccc(Cl)c2)[C@]12C(=O)Nc1cc(Cl)ccc12. The van der Waals surface area contributed by atoms with Gasteiger partial charge in [-0.25, -0.2) is 0 Å². The molecule has 2 N–H and O–H groups in total. The molecule has 1 spiro atoms. The van der Waals surface area contributed by atoms with Gasteiger partial charge in [0.2, 0.25) is 11.8 Å². The van der Waals surface area contributed by atoms with E-state index in [0.717, 1.165) is 5.56 Å². The molecule has 0 saturated carbocycles. The summed E-state index contributed by atoms with van der Waals surface area (Å²) in [6.45, 7) is 5.51. The van der Waals surface area contributed by atoms with Gasteiger partial charge in [0, 0.05) is 28.1 Å². The van der Waals surface area contributed by atoms with Gasteiger partial charge in [-0.15, -0.1) is 0 Å². The van der Waals surface area contributed by atoms with Crippen LogP contribution in [-0.2, 0) is 19.8 Å². The van der Waals surface area contributed by atoms with Crippen molar-refractivity contribution >= 4 is 46.7 Å². The lowest BCUT2D eigenvalue weighted by Gasteiger charge is -2.51. The second-order valence-electron chi connectivity index (χ2n) is 8.15. The zero-order chi connectivity index (χ0) is 23.2. The highest BCUT2D eigenvalue weighted by molar-refractivity contribution is 6.31. The van der Waals surface area contributed by atoms with Crippen LogP contribution in [0.3, 0.4) is 0 Å². The molecule has 3 atom stereocenters. The molecule has 0 radical (unpaired) electrons. The average Bonchev–Trinajstić information content (AvgIpc) is 3.01. The number of nitrogens with zero attached hydrogens (tertiary/aromatic N) is 1. The molecule has 2 aromatic carbocycles. The number of piperidine rings is 1. The molecule has 0 aliphatic carbocycles. The Labute approximate surface area is 195 Å². The summed E-state index contributed by atoms with van der Waals surface area (Å²) in [5.41, 5.74) is 1.27. The van der Waals surface area contributed by atoms with Crippen molar-refractivity contribution in [1.29, 1.82) is 0 Å². The standard InChI is InChI=1S/C24H22Cl2N2O4/c1-3-13(2)22-24(17-8-7-16(26)10-19(17)27-23(24)32)18(14-5-4-6-15(25)9-14)11-20(29)28(22)12-21(30)31/h4-10,18,22H,2-3,11-12H2,1H3,(H,27,32)(H,30,31)/t18-,22+,24-/m0/s1. The number of benzene rings is 2. The number of halogens is 2. The van der Waals surface area contributed by atoms with Gasteiger partial charge in [0.1, 0.15) is 12.0 Å². The van der Waals surface area contributed by atoms with Crippen molar-refractivity contribution in [2.75, 3.05) is 11.9 Å². The largest absolute Gasteiger partial charge is 0.480 e. The molecule has 2 aliphatic heterocycles. The summed E-state index contributed by atoms with van der Waals surface area (Å²) in [4.78, 5) is 40.1. The number of carbonyl (C=O) groups excluding carboxylic acids is 2. The van der Waals surface area contributed by atoms with Crippen LogP contribution in [-0.4, -0.2) is 40.4 Å². The van der Waals surface area contributed by atoms with E-state index in [1.54, 1.807) is 36.4 Å². The van der Waals surface area contributed by atoms with E-state index in [2.05, 4.69) is 11.9 Å². The maximum atomic E-state index is 13.8. The molecule has 0 unspecified atom stereocenters. The molecular weight excluding hydrogens is 451 g/mol. The molecule has 8 heteroatoms. The van der Waals surface area contributed by atoms with Gasteiger partial charge in [0.25, 0.3) is 0 Å². The van der Waals surface area contributed by atoms with E-state index in [9.17, 15) is 19.5 Å². The molecule has 4 rings (SSSR count). The maximum Gasteiger partial charge on any atom is 0.323 e. The number of amides is 2. The van der Waals surface area contributed by atoms with Gasteiger partial charge in [0.05, 0.1) is 6.04 Å². The molecule has 2 heterocycles. The van der Waals surface area contributed by atoms with E-state index in [1.807, 2.05) is 13.0 Å². The fourth-order valence-electron chi connectivity index (χ4n) is 5.14. The van der Waals surface area contributed by atoms with Crippen molar-refractivity contribution in [3.05, 3.63) is 75.8 Å². The quantitative estimate of drug-likeness (QED) is 0.621. The van der Waals surface area contributed by atoms with Crippen LogP contribution in [0.1, 0.15) is 36.8 Å². The van der Waals surface area contributed by atoms with E-state index in [4.69, 9.17) is 23.2 Å². The summed E-state index contributed by atoms with van der Waals surface area (Å²) in [7, 11) is 0. The lowest BCUT2D eigenvalue weighted by atomic mass is 9.58. The monoisotopic (exact) mass is 472 g/mol. The van der Waals surface area contributed by atoms with Crippen molar-refractivity contribution < 1.29 is 19.5 Å². The normalized spacial score (nSPS) is 24.4. The highest BCUT2D eigenvalue weighted by Gasteiger charge is 2.63. The zero-order valence-electron chi connectivity index (χ0n) is 17.4. The number of hydrogen-bond acceptors (Lipinski definition) is 3. The van der Waals surface area contributed by atoms with Crippen LogP contribution in [0.25, 0.3) is 0 Å². The molecule has 0 bridgehead atoms. The molecular formula is C24H22Cl2N2O4. The number of hydrogen-bond donors (Lipinski definition) is 2. The van der Waals surface area contributed by atoms with Crippen LogP contribution < -0.4 is 5.32 Å². The van der Waals surface area contributed by atoms with Gasteiger partial charge in [-0.05, 0) is 41.8 Å². The van der Waals surface area contributed by atoms with Gasteiger partial charge in [-0.2, -0.15) is 0 Å². The van der Waals surface area contributed by atoms with Crippen LogP contribution in [0, 0.1) is 0 Å². The number of rotatable bonds is 5. The van der Waals surface area contributed by atoms with Gasteiger partial charge in [-0.1, -0.05) is 60.5 Å². The highest BCUT2D eigenvalue weighted by atomic mass is 35.5. The number of carboxylic acids is 1. The first-order valence-corrected chi connectivity index (χ1v) is 11.0. The van der Waals surface area contributed by atoms with Crippen LogP contribution >= 0.6 is 23.2 Å². The molecule has 1 fully saturated rings. The molecule has 32 heavy (non-hydrogen) atoms. The third kappa shape index (κ3) is 3.38. The summed E-state index contributed by atoms with van der Waals surface area (Å²) in [6.07, 6.45) is 0.422. The van der Waals surface area contributed by atoms with E-state index < -0.39 is 29.9 Å². The van der Waals surface area contributed by atoms with Crippen LogP contribution in [0.5, 0.6) is 0 Å². The Balaban J connectivity index is 2.04. The lowest BCUT2D eigenvalue weighted by Crippen LogP contribution is -2.64. The van der Waals surface area contributed by atoms with Gasteiger partial charge in [-0.3, -0.25) is 14.4 Å². The maximum absolute atomic E-state index is 13.8. The van der Waals surface area contributed by atoms with Crippen molar-refractivity contribution in [2.24, 2.45) is 0 Å². The highest BCUT2D eigenvalue weighted by Crippen LogP contribution is 2.56. The number of fused-ring (bicyclic) bond motifs is 2. The van der Waals surface area contributed by atoms with Gasteiger partial charge in [0.15, 0.2) is 0 Å². The zero-order valence-corrected chi connectivity index (χ0v) is 18.9. The molecule has 166 valence electrons. The molecule has 1 saturated heterocycles.